The van der Waals surface area contributed by atoms with Crippen LogP contribution in [-0.4, -0.2) is 30.2 Å². The van der Waals surface area contributed by atoms with Gasteiger partial charge in [0.1, 0.15) is 6.79 Å². The van der Waals surface area contributed by atoms with Gasteiger partial charge in [0.2, 0.25) is 0 Å². The molecule has 0 aromatic rings. The van der Waals surface area contributed by atoms with Crippen molar-refractivity contribution in [3.8, 4) is 0 Å². The van der Waals surface area contributed by atoms with Crippen LogP contribution in [0.3, 0.4) is 0 Å². The Bertz CT molecular complexity index is 267. The number of ether oxygens (including phenoxy) is 2. The lowest BCUT2D eigenvalue weighted by atomic mass is 9.82. The van der Waals surface area contributed by atoms with Gasteiger partial charge in [-0.05, 0) is 44.6 Å². The van der Waals surface area contributed by atoms with Crippen molar-refractivity contribution in [3.05, 3.63) is 11.6 Å². The Labute approximate surface area is 104 Å². The van der Waals surface area contributed by atoms with Gasteiger partial charge in [-0.3, -0.25) is 0 Å². The molecule has 0 spiro atoms. The predicted molar refractivity (Wildman–Crippen MR) is 66.7 cm³/mol. The SMILES string of the molecule is CCOCOC1CCCC=C1C1(O)CCCC1. The van der Waals surface area contributed by atoms with Crippen molar-refractivity contribution in [2.75, 3.05) is 13.4 Å². The van der Waals surface area contributed by atoms with Crippen molar-refractivity contribution in [2.45, 2.75) is 63.6 Å². The molecule has 0 saturated heterocycles. The Balaban J connectivity index is 1.98. The first-order valence-corrected chi connectivity index (χ1v) is 6.88. The summed E-state index contributed by atoms with van der Waals surface area (Å²) in [4.78, 5) is 0. The lowest BCUT2D eigenvalue weighted by Crippen LogP contribution is -2.37. The highest BCUT2D eigenvalue weighted by Gasteiger charge is 2.39. The zero-order valence-corrected chi connectivity index (χ0v) is 10.8. The fraction of sp³-hybridized carbons (Fsp3) is 0.857. The van der Waals surface area contributed by atoms with Crippen LogP contribution in [0.1, 0.15) is 51.9 Å². The summed E-state index contributed by atoms with van der Waals surface area (Å²) >= 11 is 0. The molecule has 0 bridgehead atoms. The minimum Gasteiger partial charge on any atom is -0.385 e. The first-order valence-electron chi connectivity index (χ1n) is 6.88. The molecule has 2 aliphatic carbocycles. The second kappa shape index (κ2) is 5.98. The van der Waals surface area contributed by atoms with E-state index < -0.39 is 5.60 Å². The van der Waals surface area contributed by atoms with E-state index in [1.807, 2.05) is 6.92 Å². The van der Waals surface area contributed by atoms with Gasteiger partial charge in [-0.25, -0.2) is 0 Å². The van der Waals surface area contributed by atoms with E-state index >= 15 is 0 Å². The fourth-order valence-corrected chi connectivity index (χ4v) is 2.97. The lowest BCUT2D eigenvalue weighted by Gasteiger charge is -2.34. The van der Waals surface area contributed by atoms with Crippen LogP contribution in [0.5, 0.6) is 0 Å². The van der Waals surface area contributed by atoms with Gasteiger partial charge in [0.15, 0.2) is 0 Å². The minimum atomic E-state index is -0.586. The van der Waals surface area contributed by atoms with Gasteiger partial charge in [-0.15, -0.1) is 0 Å². The van der Waals surface area contributed by atoms with Gasteiger partial charge in [0.25, 0.3) is 0 Å². The molecule has 1 N–H and O–H groups in total. The van der Waals surface area contributed by atoms with E-state index in [0.717, 1.165) is 50.5 Å². The average Bonchev–Trinajstić information content (AvgIpc) is 2.78. The second-order valence-electron chi connectivity index (χ2n) is 5.10. The zero-order valence-electron chi connectivity index (χ0n) is 10.8. The van der Waals surface area contributed by atoms with Crippen LogP contribution in [0.15, 0.2) is 11.6 Å². The molecule has 2 rings (SSSR count). The molecule has 1 fully saturated rings. The normalized spacial score (nSPS) is 28.1. The van der Waals surface area contributed by atoms with Gasteiger partial charge in [-0.2, -0.15) is 0 Å². The molecule has 1 saturated carbocycles. The van der Waals surface area contributed by atoms with E-state index in [-0.39, 0.29) is 6.10 Å². The molecule has 0 heterocycles. The first-order chi connectivity index (χ1) is 8.26. The topological polar surface area (TPSA) is 38.7 Å². The maximum atomic E-state index is 10.7. The number of rotatable bonds is 5. The largest absolute Gasteiger partial charge is 0.385 e. The van der Waals surface area contributed by atoms with Crippen molar-refractivity contribution in [1.82, 2.24) is 0 Å². The standard InChI is InChI=1S/C14H24O3/c1-2-16-11-17-13-8-4-3-7-12(13)14(15)9-5-6-10-14/h7,13,15H,2-6,8-11H2,1H3. The van der Waals surface area contributed by atoms with Crippen LogP contribution in [0.2, 0.25) is 0 Å². The minimum absolute atomic E-state index is 0.0680. The molecular formula is C14H24O3. The summed E-state index contributed by atoms with van der Waals surface area (Å²) in [5, 5.41) is 10.7. The maximum absolute atomic E-state index is 10.7. The molecule has 0 radical (unpaired) electrons. The van der Waals surface area contributed by atoms with E-state index in [9.17, 15) is 5.11 Å². The Kier molecular flexibility index (Phi) is 4.60. The number of allylic oxidation sites excluding steroid dienone is 1. The van der Waals surface area contributed by atoms with Crippen LogP contribution >= 0.6 is 0 Å². The van der Waals surface area contributed by atoms with Gasteiger partial charge in [0.05, 0.1) is 11.7 Å². The molecule has 2 aliphatic rings. The molecule has 0 aromatic carbocycles. The van der Waals surface area contributed by atoms with Crippen molar-refractivity contribution >= 4 is 0 Å². The van der Waals surface area contributed by atoms with Crippen LogP contribution < -0.4 is 0 Å². The molecule has 3 nitrogen and oxygen atoms in total. The number of aliphatic hydroxyl groups is 1. The molecule has 17 heavy (non-hydrogen) atoms. The zero-order chi connectivity index (χ0) is 12.1. The predicted octanol–water partition coefficient (Wildman–Crippen LogP) is 2.78. The van der Waals surface area contributed by atoms with E-state index in [1.54, 1.807) is 0 Å². The highest BCUT2D eigenvalue weighted by Crippen LogP contribution is 2.40. The van der Waals surface area contributed by atoms with E-state index in [2.05, 4.69) is 6.08 Å². The third-order valence-corrected chi connectivity index (χ3v) is 3.91. The van der Waals surface area contributed by atoms with Crippen LogP contribution in [0.25, 0.3) is 0 Å². The average molecular weight is 240 g/mol. The molecule has 0 aliphatic heterocycles. The van der Waals surface area contributed by atoms with Crippen molar-refractivity contribution in [1.29, 1.82) is 0 Å². The Morgan fingerprint density at radius 1 is 1.35 bits per heavy atom. The van der Waals surface area contributed by atoms with Gasteiger partial charge in [0, 0.05) is 6.61 Å². The van der Waals surface area contributed by atoms with E-state index in [1.165, 1.54) is 0 Å². The van der Waals surface area contributed by atoms with Crippen molar-refractivity contribution < 1.29 is 14.6 Å². The second-order valence-corrected chi connectivity index (χ2v) is 5.10. The monoisotopic (exact) mass is 240 g/mol. The Morgan fingerprint density at radius 2 is 2.12 bits per heavy atom. The van der Waals surface area contributed by atoms with Crippen LogP contribution in [0.4, 0.5) is 0 Å². The summed E-state index contributed by atoms with van der Waals surface area (Å²) in [5.41, 5.74) is 0.540. The highest BCUT2D eigenvalue weighted by molar-refractivity contribution is 5.24. The highest BCUT2D eigenvalue weighted by atomic mass is 16.7. The number of hydrogen-bond donors (Lipinski definition) is 1. The van der Waals surface area contributed by atoms with Gasteiger partial charge < -0.3 is 14.6 Å². The summed E-state index contributed by atoms with van der Waals surface area (Å²) in [6.45, 7) is 2.98. The van der Waals surface area contributed by atoms with Gasteiger partial charge >= 0.3 is 0 Å². The summed E-state index contributed by atoms with van der Waals surface area (Å²) in [6.07, 6.45) is 9.56. The number of hydrogen-bond acceptors (Lipinski definition) is 3. The Hall–Kier alpha value is -0.380. The fourth-order valence-electron chi connectivity index (χ4n) is 2.97. The quantitative estimate of drug-likeness (QED) is 0.456. The molecule has 0 aromatic heterocycles. The van der Waals surface area contributed by atoms with E-state index in [0.29, 0.717) is 13.4 Å². The Morgan fingerprint density at radius 3 is 2.82 bits per heavy atom. The third kappa shape index (κ3) is 3.09. The summed E-state index contributed by atoms with van der Waals surface area (Å²) in [6, 6.07) is 0. The van der Waals surface area contributed by atoms with E-state index in [4.69, 9.17) is 9.47 Å². The third-order valence-electron chi connectivity index (χ3n) is 3.91. The molecule has 0 amide bonds. The summed E-state index contributed by atoms with van der Waals surface area (Å²) in [5.74, 6) is 0. The van der Waals surface area contributed by atoms with Crippen molar-refractivity contribution in [3.63, 3.8) is 0 Å². The van der Waals surface area contributed by atoms with Crippen LogP contribution in [0, 0.1) is 0 Å². The lowest BCUT2D eigenvalue weighted by molar-refractivity contribution is -0.0892. The maximum Gasteiger partial charge on any atom is 0.147 e. The molecule has 1 unspecified atom stereocenters. The smallest absolute Gasteiger partial charge is 0.147 e. The first kappa shape index (κ1) is 13.1. The molecule has 3 heteroatoms. The van der Waals surface area contributed by atoms with Crippen LogP contribution in [-0.2, 0) is 9.47 Å². The molecular weight excluding hydrogens is 216 g/mol. The summed E-state index contributed by atoms with van der Waals surface area (Å²) < 4.78 is 11.0. The molecule has 98 valence electrons. The van der Waals surface area contributed by atoms with Gasteiger partial charge in [-0.1, -0.05) is 18.9 Å². The summed E-state index contributed by atoms with van der Waals surface area (Å²) in [7, 11) is 0. The molecule has 1 atom stereocenters. The van der Waals surface area contributed by atoms with Crippen molar-refractivity contribution in [2.24, 2.45) is 0 Å².